The van der Waals surface area contributed by atoms with E-state index >= 15 is 0 Å². The number of fused-ring (bicyclic) bond motifs is 1. The molecule has 0 saturated carbocycles. The molecule has 0 unspecified atom stereocenters. The molecule has 0 fully saturated rings. The van der Waals surface area contributed by atoms with Gasteiger partial charge < -0.3 is 0 Å². The van der Waals surface area contributed by atoms with Crippen molar-refractivity contribution in [2.75, 3.05) is 0 Å². The number of hydrogen-bond donors (Lipinski definition) is 0. The number of nitrogens with zero attached hydrogens (tertiary/aromatic N) is 2. The largest absolute Gasteiger partial charge is 0.223 e. The number of hydrogen-bond acceptors (Lipinski definition) is 4. The van der Waals surface area contributed by atoms with E-state index in [1.165, 1.54) is 46.9 Å². The lowest BCUT2D eigenvalue weighted by atomic mass is 10.2. The normalized spacial score (nSPS) is 11.2. The third-order valence-corrected chi connectivity index (χ3v) is 5.24. The van der Waals surface area contributed by atoms with Crippen molar-refractivity contribution in [1.82, 2.24) is 9.97 Å². The quantitative estimate of drug-likeness (QED) is 0.494. The molecule has 2 aromatic carbocycles. The van der Waals surface area contributed by atoms with E-state index in [1.54, 1.807) is 12.1 Å². The van der Waals surface area contributed by atoms with Crippen molar-refractivity contribution in [3.8, 4) is 21.1 Å². The number of aromatic nitrogens is 2. The summed E-state index contributed by atoms with van der Waals surface area (Å²) in [5, 5.41) is 1.47. The maximum atomic E-state index is 13.3. The molecule has 4 aromatic rings. The van der Waals surface area contributed by atoms with Gasteiger partial charge in [0.05, 0.1) is 0 Å². The Morgan fingerprint density at radius 2 is 1.14 bits per heavy atom. The minimum Gasteiger partial charge on any atom is -0.223 e. The number of rotatable bonds is 2. The molecule has 2 aromatic heterocycles. The van der Waals surface area contributed by atoms with Crippen molar-refractivity contribution in [1.29, 1.82) is 0 Å². The molecular formula is C16H8F2N2S2. The lowest BCUT2D eigenvalue weighted by Crippen LogP contribution is -1.78. The van der Waals surface area contributed by atoms with E-state index in [0.717, 1.165) is 30.8 Å². The van der Waals surface area contributed by atoms with Gasteiger partial charge in [0.15, 0.2) is 9.66 Å². The third-order valence-electron chi connectivity index (χ3n) is 3.12. The molecule has 0 aliphatic heterocycles. The van der Waals surface area contributed by atoms with Gasteiger partial charge in [-0.3, -0.25) is 0 Å². The lowest BCUT2D eigenvalue weighted by Gasteiger charge is -1.96. The first-order chi connectivity index (χ1) is 10.7. The molecule has 22 heavy (non-hydrogen) atoms. The molecule has 0 bridgehead atoms. The average molecular weight is 330 g/mol. The number of benzene rings is 2. The summed E-state index contributed by atoms with van der Waals surface area (Å²) < 4.78 is 26.6. The van der Waals surface area contributed by atoms with Crippen molar-refractivity contribution < 1.29 is 8.78 Å². The smallest absolute Gasteiger partial charge is 0.155 e. The highest BCUT2D eigenvalue weighted by molar-refractivity contribution is 7.29. The van der Waals surface area contributed by atoms with Gasteiger partial charge in [0.1, 0.15) is 21.6 Å². The summed E-state index contributed by atoms with van der Waals surface area (Å²) in [5.74, 6) is -0.575. The summed E-state index contributed by atoms with van der Waals surface area (Å²) in [6.07, 6.45) is 0. The zero-order chi connectivity index (χ0) is 15.1. The van der Waals surface area contributed by atoms with Crippen molar-refractivity contribution in [3.63, 3.8) is 0 Å². The maximum Gasteiger partial charge on any atom is 0.155 e. The predicted octanol–water partition coefficient (Wildman–Crippen LogP) is 5.37. The summed E-state index contributed by atoms with van der Waals surface area (Å²) in [6.45, 7) is 0. The Hall–Kier alpha value is -2.18. The topological polar surface area (TPSA) is 25.8 Å². The van der Waals surface area contributed by atoms with Gasteiger partial charge in [-0.05, 0) is 24.3 Å². The van der Waals surface area contributed by atoms with E-state index in [9.17, 15) is 8.78 Å². The van der Waals surface area contributed by atoms with Crippen LogP contribution in [0.1, 0.15) is 0 Å². The zero-order valence-corrected chi connectivity index (χ0v) is 12.7. The predicted molar refractivity (Wildman–Crippen MR) is 86.1 cm³/mol. The second-order valence-electron chi connectivity index (χ2n) is 4.67. The molecule has 2 nitrogen and oxygen atoms in total. The Morgan fingerprint density at radius 3 is 1.55 bits per heavy atom. The molecule has 0 N–H and O–H groups in total. The second kappa shape index (κ2) is 5.23. The Kier molecular flexibility index (Phi) is 3.20. The van der Waals surface area contributed by atoms with Crippen LogP contribution in [0.15, 0.2) is 48.5 Å². The van der Waals surface area contributed by atoms with E-state index in [-0.39, 0.29) is 11.6 Å². The van der Waals surface area contributed by atoms with E-state index < -0.39 is 0 Å². The minimum atomic E-state index is -0.288. The lowest BCUT2D eigenvalue weighted by molar-refractivity contribution is 0.628. The van der Waals surface area contributed by atoms with Crippen LogP contribution in [0.5, 0.6) is 0 Å². The van der Waals surface area contributed by atoms with Crippen molar-refractivity contribution >= 4 is 32.3 Å². The number of thiazole rings is 2. The molecular weight excluding hydrogens is 322 g/mol. The molecule has 0 spiro atoms. The van der Waals surface area contributed by atoms with E-state index in [1.807, 2.05) is 12.1 Å². The van der Waals surface area contributed by atoms with Crippen LogP contribution in [-0.2, 0) is 0 Å². The SMILES string of the molecule is Fc1cccc(-c2nc3sc(-c4cccc(F)c4)nc3s2)c1. The molecule has 4 rings (SSSR count). The van der Waals surface area contributed by atoms with Crippen LogP contribution >= 0.6 is 22.7 Å². The van der Waals surface area contributed by atoms with Gasteiger partial charge in [0.25, 0.3) is 0 Å². The van der Waals surface area contributed by atoms with Gasteiger partial charge in [-0.15, -0.1) is 0 Å². The Balaban J connectivity index is 1.77. The van der Waals surface area contributed by atoms with Gasteiger partial charge in [0, 0.05) is 11.1 Å². The molecule has 6 heteroatoms. The Morgan fingerprint density at radius 1 is 0.682 bits per heavy atom. The third kappa shape index (κ3) is 2.40. The summed E-state index contributed by atoms with van der Waals surface area (Å²) >= 11 is 2.81. The van der Waals surface area contributed by atoms with Crippen molar-refractivity contribution in [2.24, 2.45) is 0 Å². The maximum absolute atomic E-state index is 13.3. The van der Waals surface area contributed by atoms with Gasteiger partial charge in [0.2, 0.25) is 0 Å². The van der Waals surface area contributed by atoms with Crippen LogP contribution in [0, 0.1) is 11.6 Å². The monoisotopic (exact) mass is 330 g/mol. The minimum absolute atomic E-state index is 0.288. The first-order valence-electron chi connectivity index (χ1n) is 6.48. The van der Waals surface area contributed by atoms with Crippen LogP contribution in [-0.4, -0.2) is 9.97 Å². The van der Waals surface area contributed by atoms with Crippen LogP contribution in [0.25, 0.3) is 30.8 Å². The number of halogens is 2. The fourth-order valence-corrected chi connectivity index (χ4v) is 4.17. The van der Waals surface area contributed by atoms with Crippen LogP contribution < -0.4 is 0 Å². The second-order valence-corrected chi connectivity index (χ2v) is 6.62. The molecule has 0 aliphatic rings. The first kappa shape index (κ1) is 13.5. The summed E-state index contributed by atoms with van der Waals surface area (Å²) in [6, 6.07) is 12.7. The molecule has 0 amide bonds. The van der Waals surface area contributed by atoms with Gasteiger partial charge in [-0.25, -0.2) is 18.7 Å². The van der Waals surface area contributed by atoms with Crippen LogP contribution in [0.2, 0.25) is 0 Å². The first-order valence-corrected chi connectivity index (χ1v) is 8.11. The van der Waals surface area contributed by atoms with Gasteiger partial charge >= 0.3 is 0 Å². The van der Waals surface area contributed by atoms with E-state index in [0.29, 0.717) is 0 Å². The molecule has 0 saturated heterocycles. The molecule has 108 valence electrons. The molecule has 0 aliphatic carbocycles. The Labute approximate surface area is 132 Å². The summed E-state index contributed by atoms with van der Waals surface area (Å²) in [5.41, 5.74) is 1.48. The zero-order valence-electron chi connectivity index (χ0n) is 11.1. The molecule has 0 atom stereocenters. The van der Waals surface area contributed by atoms with Crippen LogP contribution in [0.4, 0.5) is 8.78 Å². The molecule has 0 radical (unpaired) electrons. The summed E-state index contributed by atoms with van der Waals surface area (Å²) in [4.78, 5) is 10.6. The summed E-state index contributed by atoms with van der Waals surface area (Å²) in [7, 11) is 0. The fraction of sp³-hybridized carbons (Fsp3) is 0. The molecule has 2 heterocycles. The average Bonchev–Trinajstić information content (AvgIpc) is 3.05. The van der Waals surface area contributed by atoms with Crippen molar-refractivity contribution in [3.05, 3.63) is 60.2 Å². The highest BCUT2D eigenvalue weighted by Gasteiger charge is 2.13. The van der Waals surface area contributed by atoms with Crippen LogP contribution in [0.3, 0.4) is 0 Å². The highest BCUT2D eigenvalue weighted by atomic mass is 32.1. The van der Waals surface area contributed by atoms with Gasteiger partial charge in [-0.2, -0.15) is 0 Å². The van der Waals surface area contributed by atoms with Crippen molar-refractivity contribution in [2.45, 2.75) is 0 Å². The highest BCUT2D eigenvalue weighted by Crippen LogP contribution is 2.36. The van der Waals surface area contributed by atoms with Gasteiger partial charge in [-0.1, -0.05) is 46.9 Å². The standard InChI is InChI=1S/C16H8F2N2S2/c17-11-5-1-3-9(7-11)13-19-15-16(21-13)20-14(22-15)10-4-2-6-12(18)8-10/h1-8H. The fourth-order valence-electron chi connectivity index (χ4n) is 2.13. The van der Waals surface area contributed by atoms with E-state index in [2.05, 4.69) is 9.97 Å². The van der Waals surface area contributed by atoms with E-state index in [4.69, 9.17) is 0 Å². The Bertz CT molecular complexity index is 869.